The minimum absolute atomic E-state index is 0.179. The summed E-state index contributed by atoms with van der Waals surface area (Å²) in [7, 11) is 1.59. The fourth-order valence-electron chi connectivity index (χ4n) is 3.86. The average Bonchev–Trinajstić information content (AvgIpc) is 3.15. The van der Waals surface area contributed by atoms with Crippen LogP contribution in [-0.2, 0) is 18.7 Å². The number of quaternary nitrogens is 1. The fraction of sp³-hybridized carbons (Fsp3) is 0.533. The number of nitrogens with zero attached hydrogens (tertiary/aromatic N) is 1. The Labute approximate surface area is 140 Å². The molecular weight excluding hydrogens is 315 g/mol. The topological polar surface area (TPSA) is 75.3 Å². The monoisotopic (exact) mass is 336 g/mol. The number of benzene rings is 1. The molecule has 8 nitrogen and oxygen atoms in total. The van der Waals surface area contributed by atoms with E-state index >= 15 is 0 Å². The molecule has 3 heterocycles. The first-order valence-electron chi connectivity index (χ1n) is 8.17. The average molecular weight is 336 g/mol. The van der Waals surface area contributed by atoms with Gasteiger partial charge in [-0.25, -0.2) is 4.79 Å². The molecule has 0 aliphatic carbocycles. The van der Waals surface area contributed by atoms with Crippen molar-refractivity contribution in [2.24, 2.45) is 0 Å². The van der Waals surface area contributed by atoms with E-state index in [1.54, 1.807) is 31.4 Å². The highest BCUT2D eigenvalue weighted by Gasteiger charge is 2.66. The van der Waals surface area contributed by atoms with Gasteiger partial charge in [0.1, 0.15) is 18.5 Å². The maximum Gasteiger partial charge on any atom is 0.625 e. The van der Waals surface area contributed by atoms with Crippen LogP contribution in [0.3, 0.4) is 0 Å². The molecule has 0 saturated carbocycles. The van der Waals surface area contributed by atoms with Crippen LogP contribution in [0.15, 0.2) is 24.3 Å². The third kappa shape index (κ3) is 2.53. The molecule has 0 bridgehead atoms. The van der Waals surface area contributed by atoms with Gasteiger partial charge in [0.05, 0.1) is 40.0 Å². The van der Waals surface area contributed by atoms with E-state index < -0.39 is 13.0 Å². The lowest BCUT2D eigenvalue weighted by Gasteiger charge is -2.37. The highest BCUT2D eigenvalue weighted by atomic mass is 16.8. The zero-order valence-electron chi connectivity index (χ0n) is 13.6. The molecule has 0 spiro atoms. The summed E-state index contributed by atoms with van der Waals surface area (Å²) in [6.45, 7) is 2.35. The van der Waals surface area contributed by atoms with Gasteiger partial charge < -0.3 is 27.8 Å². The molecule has 1 amide bonds. The molecule has 1 aromatic rings. The Bertz CT molecular complexity index is 595. The minimum atomic E-state index is -1.70. The zero-order valence-corrected chi connectivity index (χ0v) is 13.6. The molecule has 1 atom stereocenters. The molecule has 9 heteroatoms. The molecular formula is C15H21BN2O6. The highest BCUT2D eigenvalue weighted by molar-refractivity contribution is 6.54. The number of rotatable bonds is 4. The number of ether oxygens (including phenoxy) is 2. The Morgan fingerprint density at radius 1 is 1.29 bits per heavy atom. The first-order chi connectivity index (χ1) is 11.6. The number of methoxy groups -OCH3 is 1. The summed E-state index contributed by atoms with van der Waals surface area (Å²) >= 11 is 0. The number of anilines is 1. The van der Waals surface area contributed by atoms with Gasteiger partial charge in [-0.15, -0.1) is 0 Å². The SMILES string of the molecule is COc1ccc(NC(=O)OCC2C[N+]34CCO[B-]3(OCC4)O2)cc1. The third-order valence-electron chi connectivity index (χ3n) is 5.07. The number of hydrogen-bond donors (Lipinski definition) is 1. The predicted molar refractivity (Wildman–Crippen MR) is 85.4 cm³/mol. The van der Waals surface area contributed by atoms with E-state index in [1.807, 2.05) is 0 Å². The summed E-state index contributed by atoms with van der Waals surface area (Å²) in [5.41, 5.74) is 0.644. The van der Waals surface area contributed by atoms with Gasteiger partial charge in [0.25, 0.3) is 0 Å². The van der Waals surface area contributed by atoms with Gasteiger partial charge in [-0.2, -0.15) is 0 Å². The van der Waals surface area contributed by atoms with E-state index in [-0.39, 0.29) is 12.7 Å². The van der Waals surface area contributed by atoms with Gasteiger partial charge in [0, 0.05) is 5.69 Å². The first-order valence-corrected chi connectivity index (χ1v) is 8.17. The quantitative estimate of drug-likeness (QED) is 0.826. The maximum atomic E-state index is 11.9. The number of amides is 1. The zero-order chi connectivity index (χ0) is 16.6. The van der Waals surface area contributed by atoms with Gasteiger partial charge in [-0.1, -0.05) is 0 Å². The van der Waals surface area contributed by atoms with Gasteiger partial charge >= 0.3 is 13.0 Å². The predicted octanol–water partition coefficient (Wildman–Crippen LogP) is 0.955. The maximum absolute atomic E-state index is 11.9. The molecule has 0 aromatic heterocycles. The first kappa shape index (κ1) is 15.7. The summed E-state index contributed by atoms with van der Waals surface area (Å²) in [5.74, 6) is 0.727. The second kappa shape index (κ2) is 5.93. The lowest BCUT2D eigenvalue weighted by Crippen LogP contribution is -2.59. The van der Waals surface area contributed by atoms with Crippen LogP contribution in [0.5, 0.6) is 5.75 Å². The van der Waals surface area contributed by atoms with Gasteiger partial charge in [0.2, 0.25) is 0 Å². The molecule has 130 valence electrons. The standard InChI is InChI=1S/C15H21BN2O6/c1-20-13-4-2-12(3-5-13)17-15(19)21-11-14-10-18-6-8-22-16(18,24-14)23-9-7-18/h2-5,14H,6-11H2,1H3,(H,17,19). The van der Waals surface area contributed by atoms with Crippen molar-refractivity contribution in [2.75, 3.05) is 51.9 Å². The van der Waals surface area contributed by atoms with Crippen molar-refractivity contribution in [3.63, 3.8) is 0 Å². The number of hydrogen-bond acceptors (Lipinski definition) is 6. The second-order valence-electron chi connectivity index (χ2n) is 6.40. The van der Waals surface area contributed by atoms with Crippen LogP contribution in [-0.4, -0.2) is 70.0 Å². The van der Waals surface area contributed by atoms with Crippen LogP contribution in [0.1, 0.15) is 0 Å². The molecule has 1 aromatic carbocycles. The van der Waals surface area contributed by atoms with E-state index in [4.69, 9.17) is 23.4 Å². The van der Waals surface area contributed by atoms with E-state index in [0.717, 1.165) is 25.4 Å². The van der Waals surface area contributed by atoms with Crippen molar-refractivity contribution in [3.8, 4) is 5.75 Å². The van der Waals surface area contributed by atoms with Crippen LogP contribution in [0, 0.1) is 0 Å². The summed E-state index contributed by atoms with van der Waals surface area (Å²) < 4.78 is 28.6. The lowest BCUT2D eigenvalue weighted by molar-refractivity contribution is -0.816. The Balaban J connectivity index is 1.29. The molecule has 24 heavy (non-hydrogen) atoms. The largest absolute Gasteiger partial charge is 0.625 e. The van der Waals surface area contributed by atoms with E-state index in [0.29, 0.717) is 23.3 Å². The number of nitrogens with one attached hydrogen (secondary N) is 1. The Kier molecular flexibility index (Phi) is 3.88. The molecule has 1 N–H and O–H groups in total. The summed E-state index contributed by atoms with van der Waals surface area (Å²) in [4.78, 5) is 11.9. The lowest BCUT2D eigenvalue weighted by atomic mass is 9.94. The Morgan fingerprint density at radius 2 is 2.00 bits per heavy atom. The smallest absolute Gasteiger partial charge is 0.497 e. The van der Waals surface area contributed by atoms with Crippen LogP contribution < -0.4 is 10.1 Å². The molecule has 1 unspecified atom stereocenters. The molecule has 0 radical (unpaired) electrons. The van der Waals surface area contributed by atoms with Gasteiger partial charge in [0.15, 0.2) is 0 Å². The minimum Gasteiger partial charge on any atom is -0.497 e. The fourth-order valence-corrected chi connectivity index (χ4v) is 3.86. The molecule has 4 rings (SSSR count). The summed E-state index contributed by atoms with van der Waals surface area (Å²) in [6, 6.07) is 7.04. The normalized spacial score (nSPS) is 33.8. The highest BCUT2D eigenvalue weighted by Crippen LogP contribution is 2.41. The van der Waals surface area contributed by atoms with Gasteiger partial charge in [-0.05, 0) is 24.3 Å². The van der Waals surface area contributed by atoms with Crippen molar-refractivity contribution in [1.29, 1.82) is 0 Å². The third-order valence-corrected chi connectivity index (χ3v) is 5.07. The van der Waals surface area contributed by atoms with E-state index in [1.165, 1.54) is 0 Å². The van der Waals surface area contributed by atoms with Gasteiger partial charge in [-0.3, -0.25) is 5.32 Å². The Hall–Kier alpha value is -1.81. The van der Waals surface area contributed by atoms with E-state index in [2.05, 4.69) is 5.32 Å². The molecule has 3 aliphatic heterocycles. The number of carbonyl (C=O) groups excluding carboxylic acids is 1. The molecule has 3 saturated heterocycles. The molecule has 3 fully saturated rings. The van der Waals surface area contributed by atoms with E-state index in [9.17, 15) is 4.79 Å². The van der Waals surface area contributed by atoms with Crippen LogP contribution in [0.4, 0.5) is 10.5 Å². The number of carbonyl (C=O) groups is 1. The van der Waals surface area contributed by atoms with Crippen LogP contribution >= 0.6 is 0 Å². The van der Waals surface area contributed by atoms with Crippen molar-refractivity contribution < 1.29 is 32.6 Å². The Morgan fingerprint density at radius 3 is 2.62 bits per heavy atom. The van der Waals surface area contributed by atoms with Crippen LogP contribution in [0.25, 0.3) is 0 Å². The second-order valence-corrected chi connectivity index (χ2v) is 6.40. The van der Waals surface area contributed by atoms with Crippen molar-refractivity contribution in [3.05, 3.63) is 24.3 Å². The summed E-state index contributed by atoms with van der Waals surface area (Å²) in [6.07, 6.45) is -0.713. The summed E-state index contributed by atoms with van der Waals surface area (Å²) in [5, 5.41) is 2.68. The van der Waals surface area contributed by atoms with Crippen molar-refractivity contribution in [1.82, 2.24) is 0 Å². The van der Waals surface area contributed by atoms with Crippen molar-refractivity contribution >= 4 is 18.7 Å². The molecule has 3 aliphatic rings. The van der Waals surface area contributed by atoms with Crippen LogP contribution in [0.2, 0.25) is 0 Å². The van der Waals surface area contributed by atoms with Crippen molar-refractivity contribution in [2.45, 2.75) is 6.10 Å².